The summed E-state index contributed by atoms with van der Waals surface area (Å²) in [6.07, 6.45) is 0.728. The quantitative estimate of drug-likeness (QED) is 0.187. The van der Waals surface area contributed by atoms with E-state index in [1.54, 1.807) is 24.1 Å². The van der Waals surface area contributed by atoms with Crippen LogP contribution in [0.5, 0.6) is 11.5 Å². The van der Waals surface area contributed by atoms with Gasteiger partial charge in [-0.3, -0.25) is 9.59 Å². The van der Waals surface area contributed by atoms with Gasteiger partial charge in [-0.1, -0.05) is 74.5 Å². The highest BCUT2D eigenvalue weighted by atomic mass is 16.6. The minimum atomic E-state index is -0.865. The Kier molecular flexibility index (Phi) is 11.8. The average molecular weight is 589 g/mol. The molecule has 3 aromatic rings. The topological polar surface area (TPSA) is 108 Å². The van der Waals surface area contributed by atoms with Crippen LogP contribution in [-0.4, -0.2) is 48.0 Å². The molecule has 0 saturated heterocycles. The highest BCUT2D eigenvalue weighted by Gasteiger charge is 2.39. The van der Waals surface area contributed by atoms with Crippen LogP contribution >= 0.6 is 0 Å². The summed E-state index contributed by atoms with van der Waals surface area (Å²) in [4.78, 5) is 41.2. The zero-order valence-electron chi connectivity index (χ0n) is 26.0. The molecule has 2 N–H and O–H groups in total. The molecule has 0 aromatic heterocycles. The first kappa shape index (κ1) is 33.2. The molecule has 0 aliphatic rings. The third-order valence-electron chi connectivity index (χ3n) is 6.85. The van der Waals surface area contributed by atoms with Crippen molar-refractivity contribution < 1.29 is 28.6 Å². The molecule has 230 valence electrons. The van der Waals surface area contributed by atoms with E-state index in [-0.39, 0.29) is 30.7 Å². The molecule has 0 heterocycles. The Morgan fingerprint density at radius 3 is 1.95 bits per heavy atom. The van der Waals surface area contributed by atoms with Crippen molar-refractivity contribution in [2.24, 2.45) is 11.7 Å². The lowest BCUT2D eigenvalue weighted by atomic mass is 9.88. The van der Waals surface area contributed by atoms with Crippen molar-refractivity contribution in [3.63, 3.8) is 0 Å². The maximum atomic E-state index is 14.8. The second-order valence-corrected chi connectivity index (χ2v) is 11.8. The Morgan fingerprint density at radius 1 is 0.884 bits per heavy atom. The van der Waals surface area contributed by atoms with Gasteiger partial charge in [0.1, 0.15) is 23.1 Å². The SMILES string of the molecule is COc1cc(OCCCC(N)=O)ccc1CN(C(=O)C(c1ccccc1)c1ccccc1)[C@H](C(=O)OC(C)(C)C)C(C)C. The van der Waals surface area contributed by atoms with Crippen molar-refractivity contribution in [3.05, 3.63) is 95.6 Å². The first-order valence-corrected chi connectivity index (χ1v) is 14.6. The zero-order chi connectivity index (χ0) is 31.6. The summed E-state index contributed by atoms with van der Waals surface area (Å²) in [7, 11) is 1.55. The van der Waals surface area contributed by atoms with Gasteiger partial charge in [0.15, 0.2) is 0 Å². The molecule has 0 aliphatic heterocycles. The molecule has 1 atom stereocenters. The van der Waals surface area contributed by atoms with Crippen LogP contribution in [0.25, 0.3) is 0 Å². The van der Waals surface area contributed by atoms with Crippen molar-refractivity contribution in [1.29, 1.82) is 0 Å². The molecule has 3 rings (SSSR count). The van der Waals surface area contributed by atoms with Gasteiger partial charge >= 0.3 is 5.97 Å². The zero-order valence-corrected chi connectivity index (χ0v) is 26.0. The van der Waals surface area contributed by atoms with Crippen LogP contribution in [0, 0.1) is 5.92 Å². The highest BCUT2D eigenvalue weighted by molar-refractivity contribution is 5.91. The van der Waals surface area contributed by atoms with E-state index in [9.17, 15) is 14.4 Å². The Labute approximate surface area is 255 Å². The predicted molar refractivity (Wildman–Crippen MR) is 167 cm³/mol. The number of carbonyl (C=O) groups is 3. The average Bonchev–Trinajstić information content (AvgIpc) is 2.95. The number of primary amides is 1. The van der Waals surface area contributed by atoms with Crippen LogP contribution in [0.2, 0.25) is 0 Å². The lowest BCUT2D eigenvalue weighted by Crippen LogP contribution is -2.51. The van der Waals surface area contributed by atoms with E-state index in [0.717, 1.165) is 11.1 Å². The van der Waals surface area contributed by atoms with Crippen LogP contribution in [0.4, 0.5) is 0 Å². The number of rotatable bonds is 14. The van der Waals surface area contributed by atoms with E-state index in [0.29, 0.717) is 30.1 Å². The highest BCUT2D eigenvalue weighted by Crippen LogP contribution is 2.33. The molecule has 0 radical (unpaired) electrons. The fourth-order valence-corrected chi connectivity index (χ4v) is 4.93. The summed E-state index contributed by atoms with van der Waals surface area (Å²) in [5.41, 5.74) is 6.84. The summed E-state index contributed by atoms with van der Waals surface area (Å²) >= 11 is 0. The van der Waals surface area contributed by atoms with Gasteiger partial charge in [-0.2, -0.15) is 0 Å². The summed E-state index contributed by atoms with van der Waals surface area (Å²) in [5, 5.41) is 0. The minimum absolute atomic E-state index is 0.0994. The van der Waals surface area contributed by atoms with Gasteiger partial charge in [-0.25, -0.2) is 4.79 Å². The second kappa shape index (κ2) is 15.2. The molecule has 43 heavy (non-hydrogen) atoms. The number of esters is 1. The number of benzene rings is 3. The molecular weight excluding hydrogens is 544 g/mol. The standard InChI is InChI=1S/C35H44N2O6/c1-24(2)32(34(40)43-35(3,4)5)37(23-27-19-20-28(22-29(27)41-6)42-21-13-18-30(36)38)33(39)31(25-14-9-7-10-15-25)26-16-11-8-12-17-26/h7-12,14-17,19-20,22,24,31-32H,13,18,21,23H2,1-6H3,(H2,36,38)/t32-/m0/s1. The van der Waals surface area contributed by atoms with Crippen LogP contribution in [0.15, 0.2) is 78.9 Å². The van der Waals surface area contributed by atoms with Crippen molar-refractivity contribution in [2.45, 2.75) is 71.6 Å². The lowest BCUT2D eigenvalue weighted by molar-refractivity contribution is -0.167. The number of amides is 2. The number of methoxy groups -OCH3 is 1. The summed E-state index contributed by atoms with van der Waals surface area (Å²) in [6.45, 7) is 9.69. The molecule has 0 unspecified atom stereocenters. The maximum absolute atomic E-state index is 14.8. The van der Waals surface area contributed by atoms with E-state index in [1.807, 2.05) is 101 Å². The fraction of sp³-hybridized carbons (Fsp3) is 0.400. The van der Waals surface area contributed by atoms with Crippen molar-refractivity contribution >= 4 is 17.8 Å². The molecule has 2 amide bonds. The van der Waals surface area contributed by atoms with E-state index in [2.05, 4.69) is 0 Å². The number of nitrogens with zero attached hydrogens (tertiary/aromatic N) is 1. The molecular formula is C35H44N2O6. The van der Waals surface area contributed by atoms with Gasteiger partial charge in [0, 0.05) is 18.1 Å². The Balaban J connectivity index is 2.07. The van der Waals surface area contributed by atoms with Gasteiger partial charge in [-0.15, -0.1) is 0 Å². The maximum Gasteiger partial charge on any atom is 0.329 e. The van der Waals surface area contributed by atoms with Crippen LogP contribution in [0.1, 0.15) is 70.1 Å². The summed E-state index contributed by atoms with van der Waals surface area (Å²) in [6, 6.07) is 23.6. The van der Waals surface area contributed by atoms with Crippen LogP contribution in [-0.2, 0) is 25.7 Å². The van der Waals surface area contributed by atoms with Crippen molar-refractivity contribution in [1.82, 2.24) is 4.90 Å². The van der Waals surface area contributed by atoms with Gasteiger partial charge in [0.25, 0.3) is 0 Å². The Morgan fingerprint density at radius 2 is 1.47 bits per heavy atom. The smallest absolute Gasteiger partial charge is 0.329 e. The molecule has 0 aliphatic carbocycles. The lowest BCUT2D eigenvalue weighted by Gasteiger charge is -2.37. The van der Waals surface area contributed by atoms with Gasteiger partial charge in [-0.05, 0) is 56.4 Å². The monoisotopic (exact) mass is 588 g/mol. The number of hydrogen-bond acceptors (Lipinski definition) is 6. The first-order chi connectivity index (χ1) is 20.4. The third kappa shape index (κ3) is 9.60. The largest absolute Gasteiger partial charge is 0.496 e. The number of hydrogen-bond donors (Lipinski definition) is 1. The van der Waals surface area contributed by atoms with E-state index < -0.39 is 23.5 Å². The van der Waals surface area contributed by atoms with E-state index >= 15 is 0 Å². The number of nitrogens with two attached hydrogens (primary N) is 1. The number of ether oxygens (including phenoxy) is 3. The van der Waals surface area contributed by atoms with Crippen molar-refractivity contribution in [3.8, 4) is 11.5 Å². The third-order valence-corrected chi connectivity index (χ3v) is 6.85. The van der Waals surface area contributed by atoms with E-state index in [4.69, 9.17) is 19.9 Å². The first-order valence-electron chi connectivity index (χ1n) is 14.6. The molecule has 8 heteroatoms. The Hall–Kier alpha value is -4.33. The van der Waals surface area contributed by atoms with Crippen LogP contribution < -0.4 is 15.2 Å². The molecule has 8 nitrogen and oxygen atoms in total. The second-order valence-electron chi connectivity index (χ2n) is 11.8. The van der Waals surface area contributed by atoms with Crippen LogP contribution in [0.3, 0.4) is 0 Å². The normalized spacial score (nSPS) is 12.1. The molecule has 0 saturated carbocycles. The van der Waals surface area contributed by atoms with E-state index in [1.165, 1.54) is 0 Å². The molecule has 0 bridgehead atoms. The van der Waals surface area contributed by atoms with Gasteiger partial charge in [0.05, 0.1) is 26.2 Å². The summed E-state index contributed by atoms with van der Waals surface area (Å²) < 4.78 is 17.4. The van der Waals surface area contributed by atoms with Gasteiger partial charge in [0.2, 0.25) is 11.8 Å². The van der Waals surface area contributed by atoms with Crippen molar-refractivity contribution in [2.75, 3.05) is 13.7 Å². The Bertz CT molecular complexity index is 1310. The number of carbonyl (C=O) groups excluding carboxylic acids is 3. The minimum Gasteiger partial charge on any atom is -0.496 e. The molecule has 0 fully saturated rings. The molecule has 0 spiro atoms. The summed E-state index contributed by atoms with van der Waals surface area (Å²) in [5.74, 6) is -0.903. The fourth-order valence-electron chi connectivity index (χ4n) is 4.93. The predicted octanol–water partition coefficient (Wildman–Crippen LogP) is 5.87. The molecule has 3 aromatic carbocycles. The van der Waals surface area contributed by atoms with Gasteiger partial charge < -0.3 is 24.8 Å².